The lowest BCUT2D eigenvalue weighted by atomic mass is 9.70. The van der Waals surface area contributed by atoms with Gasteiger partial charge in [0.2, 0.25) is 0 Å². The number of anilines is 3. The minimum Gasteiger partial charge on any atom is -0.309 e. The molecule has 0 amide bonds. The minimum absolute atomic E-state index is 0.467. The molecule has 1 spiro atoms. The van der Waals surface area contributed by atoms with E-state index in [-0.39, 0.29) is 0 Å². The molecule has 0 saturated carbocycles. The Hall–Kier alpha value is -8.20. The number of hydrogen-bond acceptors (Lipinski definition) is 1. The molecule has 0 bridgehead atoms. The Morgan fingerprint density at radius 2 is 0.825 bits per heavy atom. The van der Waals surface area contributed by atoms with Crippen molar-refractivity contribution in [2.75, 3.05) is 4.90 Å². The average Bonchev–Trinajstić information content (AvgIpc) is 3.97. The summed E-state index contributed by atoms with van der Waals surface area (Å²) in [7, 11) is 0. The molecule has 10 aromatic carbocycles. The van der Waals surface area contributed by atoms with Crippen molar-refractivity contribution in [3.05, 3.63) is 265 Å². The van der Waals surface area contributed by atoms with E-state index in [4.69, 9.17) is 0 Å². The average molecular weight is 801 g/mol. The maximum Gasteiger partial charge on any atom is 0.0726 e. The summed E-state index contributed by atoms with van der Waals surface area (Å²) in [5.41, 5.74) is 21.6. The summed E-state index contributed by atoms with van der Waals surface area (Å²) >= 11 is 0. The first kappa shape index (κ1) is 35.5. The molecule has 0 atom stereocenters. The lowest BCUT2D eigenvalue weighted by molar-refractivity contribution is 0.793. The standard InChI is InChI=1S/C61H40N2/c1-3-19-41(20-4-1)43-23-17-24-44(39-43)62-57-34-16-11-29-51(57)60-58(62)35-18-36-59(60)63(56-33-15-10-25-46(56)42-21-5-2-6-22-42)45-37-38-50-49-28-9-14-32-54(49)61(55(50)40-45)52-30-12-7-26-47(52)48-27-8-13-31-53(48)61/h1-40H. The smallest absolute Gasteiger partial charge is 0.0726 e. The van der Waals surface area contributed by atoms with E-state index in [1.54, 1.807) is 0 Å². The van der Waals surface area contributed by atoms with Gasteiger partial charge in [0, 0.05) is 27.7 Å². The van der Waals surface area contributed by atoms with Crippen LogP contribution in [-0.4, -0.2) is 4.57 Å². The number of rotatable bonds is 6. The number of nitrogens with zero attached hydrogens (tertiary/aromatic N) is 2. The fourth-order valence-electron chi connectivity index (χ4n) is 11.1. The van der Waals surface area contributed by atoms with E-state index in [2.05, 4.69) is 252 Å². The molecule has 0 N–H and O–H groups in total. The van der Waals surface area contributed by atoms with Crippen molar-refractivity contribution in [1.82, 2.24) is 4.57 Å². The van der Waals surface area contributed by atoms with E-state index in [1.807, 2.05) is 0 Å². The zero-order chi connectivity index (χ0) is 41.5. The van der Waals surface area contributed by atoms with Gasteiger partial charge in [-0.25, -0.2) is 0 Å². The first-order valence-corrected chi connectivity index (χ1v) is 21.9. The van der Waals surface area contributed by atoms with Crippen LogP contribution in [0.4, 0.5) is 17.1 Å². The van der Waals surface area contributed by atoms with Gasteiger partial charge in [-0.2, -0.15) is 0 Å². The van der Waals surface area contributed by atoms with Crippen molar-refractivity contribution in [3.63, 3.8) is 0 Å². The Kier molecular flexibility index (Phi) is 7.85. The van der Waals surface area contributed by atoms with Crippen LogP contribution in [0.25, 0.3) is 72.0 Å². The van der Waals surface area contributed by atoms with Gasteiger partial charge in [0.05, 0.1) is 27.8 Å². The highest BCUT2D eigenvalue weighted by Crippen LogP contribution is 2.63. The van der Waals surface area contributed by atoms with E-state index in [0.29, 0.717) is 0 Å². The van der Waals surface area contributed by atoms with Gasteiger partial charge < -0.3 is 9.47 Å². The molecule has 13 rings (SSSR count). The van der Waals surface area contributed by atoms with Crippen LogP contribution in [0.3, 0.4) is 0 Å². The summed E-state index contributed by atoms with van der Waals surface area (Å²) in [4.78, 5) is 2.53. The van der Waals surface area contributed by atoms with Crippen molar-refractivity contribution >= 4 is 38.9 Å². The Morgan fingerprint density at radius 3 is 1.52 bits per heavy atom. The van der Waals surface area contributed by atoms with Crippen molar-refractivity contribution in [3.8, 4) is 50.2 Å². The number of aromatic nitrogens is 1. The molecule has 2 heteroatoms. The highest BCUT2D eigenvalue weighted by Gasteiger charge is 2.51. The second-order valence-electron chi connectivity index (χ2n) is 16.8. The lowest BCUT2D eigenvalue weighted by Gasteiger charge is -2.33. The Balaban J connectivity index is 1.11. The zero-order valence-electron chi connectivity index (χ0n) is 34.5. The normalized spacial score (nSPS) is 12.9. The molecule has 2 aliphatic rings. The van der Waals surface area contributed by atoms with Gasteiger partial charge in [0.25, 0.3) is 0 Å². The highest BCUT2D eigenvalue weighted by molar-refractivity contribution is 6.17. The highest BCUT2D eigenvalue weighted by atomic mass is 15.2. The van der Waals surface area contributed by atoms with Crippen LogP contribution in [0.2, 0.25) is 0 Å². The van der Waals surface area contributed by atoms with Crippen molar-refractivity contribution in [2.45, 2.75) is 5.41 Å². The molecule has 11 aromatic rings. The van der Waals surface area contributed by atoms with Crippen LogP contribution in [0, 0.1) is 0 Å². The predicted molar refractivity (Wildman–Crippen MR) is 263 cm³/mol. The van der Waals surface area contributed by atoms with Crippen LogP contribution in [-0.2, 0) is 5.41 Å². The molecule has 0 unspecified atom stereocenters. The second kappa shape index (κ2) is 13.9. The molecule has 0 fully saturated rings. The number of benzene rings is 10. The summed E-state index contributed by atoms with van der Waals surface area (Å²) in [5, 5.41) is 2.41. The summed E-state index contributed by atoms with van der Waals surface area (Å²) in [6.07, 6.45) is 0. The van der Waals surface area contributed by atoms with Crippen LogP contribution < -0.4 is 4.90 Å². The van der Waals surface area contributed by atoms with E-state index < -0.39 is 5.41 Å². The first-order chi connectivity index (χ1) is 31.3. The Morgan fingerprint density at radius 1 is 0.317 bits per heavy atom. The van der Waals surface area contributed by atoms with Gasteiger partial charge in [-0.1, -0.05) is 194 Å². The van der Waals surface area contributed by atoms with Crippen LogP contribution >= 0.6 is 0 Å². The van der Waals surface area contributed by atoms with Crippen LogP contribution in [0.1, 0.15) is 22.3 Å². The molecule has 0 aliphatic heterocycles. The fourth-order valence-corrected chi connectivity index (χ4v) is 11.1. The topological polar surface area (TPSA) is 8.17 Å². The first-order valence-electron chi connectivity index (χ1n) is 21.9. The minimum atomic E-state index is -0.467. The Bertz CT molecular complexity index is 3520. The van der Waals surface area contributed by atoms with Gasteiger partial charge in [0.1, 0.15) is 0 Å². The third-order valence-corrected chi connectivity index (χ3v) is 13.6. The number of para-hydroxylation sites is 2. The molecule has 1 aromatic heterocycles. The predicted octanol–water partition coefficient (Wildman–Crippen LogP) is 15.9. The third-order valence-electron chi connectivity index (χ3n) is 13.6. The molecule has 0 saturated heterocycles. The molecular formula is C61H40N2. The summed E-state index contributed by atoms with van der Waals surface area (Å²) in [6.45, 7) is 0. The quantitative estimate of drug-likeness (QED) is 0.163. The van der Waals surface area contributed by atoms with E-state index in [1.165, 1.54) is 83.1 Å². The summed E-state index contributed by atoms with van der Waals surface area (Å²) < 4.78 is 2.45. The van der Waals surface area contributed by atoms with E-state index >= 15 is 0 Å². The zero-order valence-corrected chi connectivity index (χ0v) is 34.5. The van der Waals surface area contributed by atoms with Crippen LogP contribution in [0.5, 0.6) is 0 Å². The molecule has 2 nitrogen and oxygen atoms in total. The maximum atomic E-state index is 2.53. The van der Waals surface area contributed by atoms with Gasteiger partial charge in [-0.3, -0.25) is 0 Å². The fraction of sp³-hybridized carbons (Fsp3) is 0.0164. The van der Waals surface area contributed by atoms with Crippen molar-refractivity contribution in [2.24, 2.45) is 0 Å². The van der Waals surface area contributed by atoms with Crippen molar-refractivity contribution in [1.29, 1.82) is 0 Å². The van der Waals surface area contributed by atoms with E-state index in [9.17, 15) is 0 Å². The third kappa shape index (κ3) is 5.13. The van der Waals surface area contributed by atoms with Gasteiger partial charge in [-0.15, -0.1) is 0 Å². The van der Waals surface area contributed by atoms with Crippen molar-refractivity contribution < 1.29 is 0 Å². The van der Waals surface area contributed by atoms with Gasteiger partial charge in [0.15, 0.2) is 0 Å². The lowest BCUT2D eigenvalue weighted by Crippen LogP contribution is -2.26. The van der Waals surface area contributed by atoms with Crippen LogP contribution in [0.15, 0.2) is 243 Å². The maximum absolute atomic E-state index is 2.53. The molecular weight excluding hydrogens is 761 g/mol. The molecule has 2 aliphatic carbocycles. The molecule has 63 heavy (non-hydrogen) atoms. The number of hydrogen-bond donors (Lipinski definition) is 0. The van der Waals surface area contributed by atoms with E-state index in [0.717, 1.165) is 28.3 Å². The monoisotopic (exact) mass is 800 g/mol. The SMILES string of the molecule is c1ccc(-c2cccc(-n3c4ccccc4c4c(N(c5ccc6c(c5)C5(c7ccccc7-c7ccccc75)c5ccccc5-6)c5ccccc5-c5ccccc5)cccc43)c2)cc1. The molecule has 294 valence electrons. The molecule has 1 heterocycles. The summed E-state index contributed by atoms with van der Waals surface area (Å²) in [6, 6.07) is 89.6. The van der Waals surface area contributed by atoms with Gasteiger partial charge >= 0.3 is 0 Å². The largest absolute Gasteiger partial charge is 0.309 e. The number of fused-ring (bicyclic) bond motifs is 13. The summed E-state index contributed by atoms with van der Waals surface area (Å²) in [5.74, 6) is 0. The molecule has 0 radical (unpaired) electrons. The Labute approximate surface area is 367 Å². The second-order valence-corrected chi connectivity index (χ2v) is 16.8. The van der Waals surface area contributed by atoms with Gasteiger partial charge in [-0.05, 0) is 110 Å².